The lowest BCUT2D eigenvalue weighted by Gasteiger charge is -2.19. The molecule has 1 aromatic heterocycles. The molecule has 0 radical (unpaired) electrons. The van der Waals surface area contributed by atoms with Gasteiger partial charge < -0.3 is 10.1 Å². The number of rotatable bonds is 4. The molecule has 0 aliphatic carbocycles. The smallest absolute Gasteiger partial charge is 0.237 e. The molecule has 1 N–H and O–H groups in total. The summed E-state index contributed by atoms with van der Waals surface area (Å²) in [6, 6.07) is 18.9. The SMILES string of the molecule is COc1ncccc1NC(C)c1cccc2ccccc12. The van der Waals surface area contributed by atoms with Crippen molar-refractivity contribution in [3.8, 4) is 5.88 Å². The van der Waals surface area contributed by atoms with Gasteiger partial charge in [0.15, 0.2) is 0 Å². The second kappa shape index (κ2) is 5.83. The molecule has 106 valence electrons. The minimum absolute atomic E-state index is 0.161. The van der Waals surface area contributed by atoms with E-state index in [1.807, 2.05) is 12.1 Å². The van der Waals surface area contributed by atoms with E-state index in [1.54, 1.807) is 13.3 Å². The zero-order valence-electron chi connectivity index (χ0n) is 12.2. The fraction of sp³-hybridized carbons (Fsp3) is 0.167. The van der Waals surface area contributed by atoms with Gasteiger partial charge in [-0.3, -0.25) is 0 Å². The third-order valence-electron chi connectivity index (χ3n) is 3.63. The van der Waals surface area contributed by atoms with Gasteiger partial charge in [-0.25, -0.2) is 4.98 Å². The van der Waals surface area contributed by atoms with Crippen LogP contribution in [0, 0.1) is 0 Å². The Kier molecular flexibility index (Phi) is 3.73. The van der Waals surface area contributed by atoms with E-state index in [4.69, 9.17) is 4.74 Å². The van der Waals surface area contributed by atoms with E-state index in [1.165, 1.54) is 16.3 Å². The average Bonchev–Trinajstić information content (AvgIpc) is 2.54. The van der Waals surface area contributed by atoms with Crippen LogP contribution in [-0.4, -0.2) is 12.1 Å². The lowest BCUT2D eigenvalue weighted by molar-refractivity contribution is 0.399. The molecule has 0 amide bonds. The highest BCUT2D eigenvalue weighted by Gasteiger charge is 2.11. The average molecular weight is 278 g/mol. The molecule has 3 nitrogen and oxygen atoms in total. The summed E-state index contributed by atoms with van der Waals surface area (Å²) in [5.74, 6) is 0.615. The van der Waals surface area contributed by atoms with Crippen LogP contribution in [-0.2, 0) is 0 Å². The fourth-order valence-electron chi connectivity index (χ4n) is 2.60. The Morgan fingerprint density at radius 2 is 1.81 bits per heavy atom. The van der Waals surface area contributed by atoms with Crippen LogP contribution in [0.1, 0.15) is 18.5 Å². The Morgan fingerprint density at radius 1 is 1.00 bits per heavy atom. The molecular formula is C18H18N2O. The Labute approximate surface area is 124 Å². The molecule has 0 aliphatic heterocycles. The van der Waals surface area contributed by atoms with Crippen LogP contribution < -0.4 is 10.1 Å². The van der Waals surface area contributed by atoms with Gasteiger partial charge >= 0.3 is 0 Å². The number of nitrogens with zero attached hydrogens (tertiary/aromatic N) is 1. The van der Waals surface area contributed by atoms with Crippen LogP contribution in [0.15, 0.2) is 60.8 Å². The van der Waals surface area contributed by atoms with Crippen LogP contribution in [0.5, 0.6) is 5.88 Å². The predicted molar refractivity (Wildman–Crippen MR) is 86.8 cm³/mol. The maximum Gasteiger partial charge on any atom is 0.237 e. The topological polar surface area (TPSA) is 34.1 Å². The van der Waals surface area contributed by atoms with E-state index in [2.05, 4.69) is 59.7 Å². The molecule has 1 unspecified atom stereocenters. The number of anilines is 1. The molecule has 21 heavy (non-hydrogen) atoms. The van der Waals surface area contributed by atoms with Crippen LogP contribution >= 0.6 is 0 Å². The highest BCUT2D eigenvalue weighted by molar-refractivity contribution is 5.86. The molecule has 0 aliphatic rings. The van der Waals surface area contributed by atoms with Crippen molar-refractivity contribution >= 4 is 16.5 Å². The van der Waals surface area contributed by atoms with Crippen molar-refractivity contribution in [2.24, 2.45) is 0 Å². The van der Waals surface area contributed by atoms with E-state index in [0.29, 0.717) is 5.88 Å². The standard InChI is InChI=1S/C18H18N2O/c1-13(20-17-11-6-12-19-18(17)21-2)15-10-5-8-14-7-3-4-9-16(14)15/h3-13,20H,1-2H3. The summed E-state index contributed by atoms with van der Waals surface area (Å²) in [5, 5.41) is 6.00. The first kappa shape index (κ1) is 13.4. The highest BCUT2D eigenvalue weighted by atomic mass is 16.5. The quantitative estimate of drug-likeness (QED) is 0.767. The molecule has 3 aromatic rings. The molecule has 3 heteroatoms. The Bertz CT molecular complexity index is 750. The van der Waals surface area contributed by atoms with Crippen LogP contribution in [0.3, 0.4) is 0 Å². The van der Waals surface area contributed by atoms with Crippen molar-refractivity contribution in [2.75, 3.05) is 12.4 Å². The monoisotopic (exact) mass is 278 g/mol. The van der Waals surface area contributed by atoms with Gasteiger partial charge in [-0.15, -0.1) is 0 Å². The van der Waals surface area contributed by atoms with E-state index in [9.17, 15) is 0 Å². The summed E-state index contributed by atoms with van der Waals surface area (Å²) in [7, 11) is 1.64. The number of aromatic nitrogens is 1. The Morgan fingerprint density at radius 3 is 2.67 bits per heavy atom. The molecule has 0 bridgehead atoms. The third-order valence-corrected chi connectivity index (χ3v) is 3.63. The number of nitrogens with one attached hydrogen (secondary N) is 1. The number of fused-ring (bicyclic) bond motifs is 1. The number of pyridine rings is 1. The van der Waals surface area contributed by atoms with E-state index in [-0.39, 0.29) is 6.04 Å². The maximum atomic E-state index is 5.30. The van der Waals surface area contributed by atoms with Crippen molar-refractivity contribution in [1.82, 2.24) is 4.98 Å². The Hall–Kier alpha value is -2.55. The summed E-state index contributed by atoms with van der Waals surface area (Å²) in [5.41, 5.74) is 2.17. The summed E-state index contributed by atoms with van der Waals surface area (Å²) in [6.45, 7) is 2.15. The largest absolute Gasteiger partial charge is 0.480 e. The zero-order valence-corrected chi connectivity index (χ0v) is 12.2. The summed E-state index contributed by atoms with van der Waals surface area (Å²) < 4.78 is 5.30. The number of methoxy groups -OCH3 is 1. The number of benzene rings is 2. The van der Waals surface area contributed by atoms with Crippen LogP contribution in [0.2, 0.25) is 0 Å². The zero-order chi connectivity index (χ0) is 14.7. The van der Waals surface area contributed by atoms with Gasteiger partial charge in [0.2, 0.25) is 5.88 Å². The minimum Gasteiger partial charge on any atom is -0.480 e. The number of hydrogen-bond donors (Lipinski definition) is 1. The fourth-order valence-corrected chi connectivity index (χ4v) is 2.60. The third kappa shape index (κ3) is 2.68. The lowest BCUT2D eigenvalue weighted by Crippen LogP contribution is -2.08. The van der Waals surface area contributed by atoms with E-state index < -0.39 is 0 Å². The normalized spacial score (nSPS) is 12.1. The first-order valence-electron chi connectivity index (χ1n) is 7.03. The highest BCUT2D eigenvalue weighted by Crippen LogP contribution is 2.29. The second-order valence-corrected chi connectivity index (χ2v) is 4.99. The van der Waals surface area contributed by atoms with Gasteiger partial charge in [-0.1, -0.05) is 42.5 Å². The number of hydrogen-bond acceptors (Lipinski definition) is 3. The lowest BCUT2D eigenvalue weighted by atomic mass is 9.99. The van der Waals surface area contributed by atoms with Gasteiger partial charge in [0.25, 0.3) is 0 Å². The molecule has 1 heterocycles. The summed E-state index contributed by atoms with van der Waals surface area (Å²) >= 11 is 0. The van der Waals surface area contributed by atoms with Gasteiger partial charge in [-0.05, 0) is 35.4 Å². The van der Waals surface area contributed by atoms with Crippen molar-refractivity contribution in [1.29, 1.82) is 0 Å². The van der Waals surface area contributed by atoms with E-state index >= 15 is 0 Å². The molecule has 0 saturated heterocycles. The molecular weight excluding hydrogens is 260 g/mol. The van der Waals surface area contributed by atoms with Gasteiger partial charge in [0.1, 0.15) is 0 Å². The first-order valence-corrected chi connectivity index (χ1v) is 7.03. The van der Waals surface area contributed by atoms with Crippen molar-refractivity contribution < 1.29 is 4.74 Å². The number of ether oxygens (including phenoxy) is 1. The van der Waals surface area contributed by atoms with Gasteiger partial charge in [0.05, 0.1) is 12.8 Å². The maximum absolute atomic E-state index is 5.30. The Balaban J connectivity index is 1.96. The molecule has 0 fully saturated rings. The first-order chi connectivity index (χ1) is 10.3. The van der Waals surface area contributed by atoms with Crippen molar-refractivity contribution in [3.63, 3.8) is 0 Å². The van der Waals surface area contributed by atoms with Gasteiger partial charge in [-0.2, -0.15) is 0 Å². The van der Waals surface area contributed by atoms with Gasteiger partial charge in [0, 0.05) is 12.2 Å². The van der Waals surface area contributed by atoms with Crippen molar-refractivity contribution in [3.05, 3.63) is 66.4 Å². The molecule has 1 atom stereocenters. The predicted octanol–water partition coefficient (Wildman–Crippen LogP) is 4.42. The molecule has 0 saturated carbocycles. The minimum atomic E-state index is 0.161. The van der Waals surface area contributed by atoms with Crippen LogP contribution in [0.25, 0.3) is 10.8 Å². The van der Waals surface area contributed by atoms with Crippen LogP contribution in [0.4, 0.5) is 5.69 Å². The summed E-state index contributed by atoms with van der Waals surface area (Å²) in [4.78, 5) is 4.22. The molecule has 0 spiro atoms. The second-order valence-electron chi connectivity index (χ2n) is 4.99. The summed E-state index contributed by atoms with van der Waals surface area (Å²) in [6.07, 6.45) is 1.73. The van der Waals surface area contributed by atoms with E-state index in [0.717, 1.165) is 5.69 Å². The van der Waals surface area contributed by atoms with Crippen molar-refractivity contribution in [2.45, 2.75) is 13.0 Å². The molecule has 2 aromatic carbocycles. The molecule has 3 rings (SSSR count).